The van der Waals surface area contributed by atoms with Crippen molar-refractivity contribution in [3.8, 4) is 23.2 Å². The number of allylic oxidation sites excluding steroid dienone is 3. The van der Waals surface area contributed by atoms with Gasteiger partial charge in [-0.05, 0) is 32.4 Å². The molecule has 5 nitrogen and oxygen atoms in total. The van der Waals surface area contributed by atoms with E-state index in [9.17, 15) is 4.39 Å². The van der Waals surface area contributed by atoms with Gasteiger partial charge in [0.05, 0.1) is 21.4 Å². The van der Waals surface area contributed by atoms with Crippen LogP contribution in [0.15, 0.2) is 54.2 Å². The fourth-order valence-electron chi connectivity index (χ4n) is 3.82. The highest BCUT2D eigenvalue weighted by Crippen LogP contribution is 2.42. The smallest absolute Gasteiger partial charge is 0.160 e. The third kappa shape index (κ3) is 4.02. The molecule has 0 saturated carbocycles. The quantitative estimate of drug-likeness (QED) is 0.609. The molecule has 31 heavy (non-hydrogen) atoms. The van der Waals surface area contributed by atoms with Crippen molar-refractivity contribution < 1.29 is 4.39 Å². The van der Waals surface area contributed by atoms with Crippen LogP contribution < -0.4 is 11.5 Å². The number of pyridine rings is 1. The number of hydrogen-bond acceptors (Lipinski definition) is 6. The zero-order valence-corrected chi connectivity index (χ0v) is 18.2. The van der Waals surface area contributed by atoms with Gasteiger partial charge >= 0.3 is 0 Å². The molecule has 4 rings (SSSR count). The Labute approximate surface area is 185 Å². The Morgan fingerprint density at radius 3 is 2.58 bits per heavy atom. The van der Waals surface area contributed by atoms with Crippen LogP contribution in [0.25, 0.3) is 21.6 Å². The molecule has 158 valence electrons. The first-order chi connectivity index (χ1) is 14.9. The normalized spacial score (nSPS) is 20.8. The molecule has 1 aliphatic rings. The summed E-state index contributed by atoms with van der Waals surface area (Å²) in [4.78, 5) is 13.9. The summed E-state index contributed by atoms with van der Waals surface area (Å²) in [5, 5.41) is 1.90. The van der Waals surface area contributed by atoms with E-state index in [0.717, 1.165) is 16.0 Å². The zero-order chi connectivity index (χ0) is 22.0. The highest BCUT2D eigenvalue weighted by Gasteiger charge is 2.41. The van der Waals surface area contributed by atoms with E-state index in [1.807, 2.05) is 36.6 Å². The van der Waals surface area contributed by atoms with Crippen LogP contribution in [-0.2, 0) is 5.41 Å². The highest BCUT2D eigenvalue weighted by molar-refractivity contribution is 7.17. The van der Waals surface area contributed by atoms with Crippen molar-refractivity contribution in [3.05, 3.63) is 65.5 Å². The summed E-state index contributed by atoms with van der Waals surface area (Å²) in [6, 6.07) is 3.11. The first-order valence-electron chi connectivity index (χ1n) is 10.1. The topological polar surface area (TPSA) is 90.7 Å². The van der Waals surface area contributed by atoms with Gasteiger partial charge < -0.3 is 11.5 Å². The summed E-state index contributed by atoms with van der Waals surface area (Å²) in [6.07, 6.45) is 11.0. The van der Waals surface area contributed by atoms with Crippen LogP contribution in [0.2, 0.25) is 0 Å². The third-order valence-corrected chi connectivity index (χ3v) is 6.43. The van der Waals surface area contributed by atoms with Crippen molar-refractivity contribution in [1.29, 1.82) is 0 Å². The molecule has 4 N–H and O–H groups in total. The van der Waals surface area contributed by atoms with E-state index in [0.29, 0.717) is 23.3 Å². The highest BCUT2D eigenvalue weighted by atomic mass is 32.1. The molecule has 0 radical (unpaired) electrons. The molecule has 1 aliphatic carbocycles. The fraction of sp³-hybridized carbons (Fsp3) is 0.292. The van der Waals surface area contributed by atoms with Gasteiger partial charge in [0.1, 0.15) is 5.52 Å². The van der Waals surface area contributed by atoms with Crippen molar-refractivity contribution in [3.63, 3.8) is 0 Å². The minimum absolute atomic E-state index is 0.253. The van der Waals surface area contributed by atoms with E-state index in [1.165, 1.54) is 18.3 Å². The maximum Gasteiger partial charge on any atom is 0.160 e. The number of rotatable bonds is 4. The van der Waals surface area contributed by atoms with E-state index in [1.54, 1.807) is 12.4 Å². The summed E-state index contributed by atoms with van der Waals surface area (Å²) in [6.45, 7) is 3.33. The number of hydrogen-bond donors (Lipinski definition) is 2. The molecule has 0 saturated heterocycles. The Morgan fingerprint density at radius 1 is 1.16 bits per heavy atom. The van der Waals surface area contributed by atoms with E-state index < -0.39 is 11.6 Å². The molecule has 0 aliphatic heterocycles. The number of nitrogens with zero attached hydrogens (tertiary/aromatic N) is 3. The second-order valence-electron chi connectivity index (χ2n) is 7.76. The van der Waals surface area contributed by atoms with Crippen LogP contribution in [0.5, 0.6) is 0 Å². The molecule has 4 unspecified atom stereocenters. The molecule has 7 heteroatoms. The van der Waals surface area contributed by atoms with Crippen molar-refractivity contribution in [2.75, 3.05) is 0 Å². The third-order valence-electron chi connectivity index (χ3n) is 5.46. The van der Waals surface area contributed by atoms with Gasteiger partial charge in [0, 0.05) is 35.4 Å². The lowest BCUT2D eigenvalue weighted by atomic mass is 9.70. The van der Waals surface area contributed by atoms with Crippen molar-refractivity contribution >= 4 is 21.6 Å². The Kier molecular flexibility index (Phi) is 5.96. The molecular weight excluding hydrogens is 409 g/mol. The summed E-state index contributed by atoms with van der Waals surface area (Å²) >= 11 is 1.50. The van der Waals surface area contributed by atoms with E-state index in [4.69, 9.17) is 21.4 Å². The van der Waals surface area contributed by atoms with E-state index in [-0.39, 0.29) is 12.1 Å². The molecule has 3 aromatic rings. The number of nitrogens with two attached hydrogens (primary N) is 2. The molecule has 3 heterocycles. The van der Waals surface area contributed by atoms with Crippen molar-refractivity contribution in [2.45, 2.75) is 43.9 Å². The van der Waals surface area contributed by atoms with Crippen LogP contribution in [-0.4, -0.2) is 33.2 Å². The summed E-state index contributed by atoms with van der Waals surface area (Å²) in [5.74, 6) is 6.09. The van der Waals surface area contributed by atoms with Gasteiger partial charge in [-0.2, -0.15) is 0 Å². The predicted octanol–water partition coefficient (Wildman–Crippen LogP) is 3.89. The number of thiophene rings is 1. The minimum Gasteiger partial charge on any atom is -0.327 e. The fourth-order valence-corrected chi connectivity index (χ4v) is 4.84. The number of fused-ring (bicyclic) bond motifs is 1. The van der Waals surface area contributed by atoms with E-state index >= 15 is 0 Å². The first-order valence-corrected chi connectivity index (χ1v) is 11.0. The van der Waals surface area contributed by atoms with Crippen LogP contribution >= 0.6 is 11.3 Å². The molecule has 3 aromatic heterocycles. The molecule has 0 spiro atoms. The Balaban J connectivity index is 2.03. The maximum atomic E-state index is 13.4. The van der Waals surface area contributed by atoms with Gasteiger partial charge in [0.25, 0.3) is 0 Å². The maximum absolute atomic E-state index is 13.4. The van der Waals surface area contributed by atoms with Crippen molar-refractivity contribution in [1.82, 2.24) is 15.0 Å². The molecule has 0 fully saturated rings. The van der Waals surface area contributed by atoms with Crippen LogP contribution in [0.1, 0.15) is 31.5 Å². The first kappa shape index (κ1) is 21.3. The predicted molar refractivity (Wildman–Crippen MR) is 124 cm³/mol. The van der Waals surface area contributed by atoms with Crippen LogP contribution in [0.4, 0.5) is 4.39 Å². The molecule has 4 atom stereocenters. The lowest BCUT2D eigenvalue weighted by molar-refractivity contribution is 0.371. The second-order valence-corrected chi connectivity index (χ2v) is 8.64. The molecule has 0 aromatic carbocycles. The Hall–Kier alpha value is -2.92. The van der Waals surface area contributed by atoms with Gasteiger partial charge in [-0.25, -0.2) is 14.4 Å². The van der Waals surface area contributed by atoms with Crippen LogP contribution in [0.3, 0.4) is 0 Å². The zero-order valence-electron chi connectivity index (χ0n) is 17.4. The minimum atomic E-state index is -1.22. The summed E-state index contributed by atoms with van der Waals surface area (Å²) < 4.78 is 14.3. The van der Waals surface area contributed by atoms with Gasteiger partial charge in [-0.1, -0.05) is 36.1 Å². The summed E-state index contributed by atoms with van der Waals surface area (Å²) in [5.41, 5.74) is 15.4. The number of aromatic nitrogens is 3. The largest absolute Gasteiger partial charge is 0.327 e. The average Bonchev–Trinajstić information content (AvgIpc) is 3.20. The Bertz CT molecular complexity index is 1200. The molecular formula is C24H24FN5S. The van der Waals surface area contributed by atoms with E-state index in [2.05, 4.69) is 29.0 Å². The number of alkyl halides is 1. The lowest BCUT2D eigenvalue weighted by Gasteiger charge is -2.39. The van der Waals surface area contributed by atoms with Gasteiger partial charge in [0.15, 0.2) is 12.0 Å². The standard InChI is InChI=1S/C24H24FN5S/c1-15(25)6-7-18-14-31-20-19(18)29-23(17-8-12-28-13-9-17)30-22(20)24(21(27)16(2)26)10-4-3-5-11-24/h3-5,8-10,12-16,21H,11,26-27H2,1-2H3. The molecule has 0 amide bonds. The van der Waals surface area contributed by atoms with Crippen molar-refractivity contribution in [2.24, 2.45) is 11.5 Å². The SMILES string of the molecule is CC(F)C#Cc1csc2c(C3(C(N)C(C)N)C=CC=CC3)nc(-c3ccncc3)nc12. The van der Waals surface area contributed by atoms with Gasteiger partial charge in [-0.15, -0.1) is 11.3 Å². The van der Waals surface area contributed by atoms with Gasteiger partial charge in [-0.3, -0.25) is 4.98 Å². The monoisotopic (exact) mass is 433 g/mol. The van der Waals surface area contributed by atoms with Crippen LogP contribution in [0, 0.1) is 11.8 Å². The lowest BCUT2D eigenvalue weighted by Crippen LogP contribution is -2.54. The second kappa shape index (κ2) is 8.67. The Morgan fingerprint density at radius 2 is 1.94 bits per heavy atom. The molecule has 0 bridgehead atoms. The van der Waals surface area contributed by atoms with Gasteiger partial charge in [0.2, 0.25) is 0 Å². The average molecular weight is 434 g/mol. The summed E-state index contributed by atoms with van der Waals surface area (Å²) in [7, 11) is 0. The number of halogens is 1.